The monoisotopic (exact) mass is 251 g/mol. The first-order valence-corrected chi connectivity index (χ1v) is 8.03. The van der Waals surface area contributed by atoms with Crippen LogP contribution in [0.2, 0.25) is 0 Å². The number of hydrogen-bond donors (Lipinski definition) is 1. The first-order chi connectivity index (χ1) is 8.69. The van der Waals surface area contributed by atoms with Crippen LogP contribution < -0.4 is 5.32 Å². The van der Waals surface area contributed by atoms with E-state index < -0.39 is 0 Å². The number of unbranched alkanes of at least 4 members (excludes halogenated alkanes) is 1. The third-order valence-electron chi connectivity index (χ3n) is 4.72. The van der Waals surface area contributed by atoms with Crippen LogP contribution in [-0.4, -0.2) is 12.6 Å². The third-order valence-corrected chi connectivity index (χ3v) is 4.72. The maximum atomic E-state index is 3.82. The Hall–Kier alpha value is -0.300. The van der Waals surface area contributed by atoms with Gasteiger partial charge in [0.2, 0.25) is 0 Å². The Morgan fingerprint density at radius 2 is 1.78 bits per heavy atom. The van der Waals surface area contributed by atoms with Gasteiger partial charge in [-0.15, -0.1) is 6.58 Å². The third kappa shape index (κ3) is 5.14. The van der Waals surface area contributed by atoms with Crippen LogP contribution in [0, 0.1) is 17.8 Å². The van der Waals surface area contributed by atoms with Crippen LogP contribution in [0.4, 0.5) is 0 Å². The highest BCUT2D eigenvalue weighted by Crippen LogP contribution is 2.35. The summed E-state index contributed by atoms with van der Waals surface area (Å²) in [6.07, 6.45) is 11.6. The summed E-state index contributed by atoms with van der Waals surface area (Å²) in [5.74, 6) is 2.78. The van der Waals surface area contributed by atoms with Gasteiger partial charge in [0.1, 0.15) is 0 Å². The Morgan fingerprint density at radius 1 is 1.17 bits per heavy atom. The highest BCUT2D eigenvalue weighted by atomic mass is 14.9. The summed E-state index contributed by atoms with van der Waals surface area (Å²) >= 11 is 0. The van der Waals surface area contributed by atoms with Crippen LogP contribution in [0.3, 0.4) is 0 Å². The van der Waals surface area contributed by atoms with Crippen LogP contribution >= 0.6 is 0 Å². The van der Waals surface area contributed by atoms with E-state index in [2.05, 4.69) is 38.7 Å². The van der Waals surface area contributed by atoms with E-state index in [1.54, 1.807) is 0 Å². The van der Waals surface area contributed by atoms with E-state index in [1.807, 2.05) is 0 Å². The van der Waals surface area contributed by atoms with Gasteiger partial charge in [-0.25, -0.2) is 0 Å². The van der Waals surface area contributed by atoms with Crippen LogP contribution in [-0.2, 0) is 0 Å². The van der Waals surface area contributed by atoms with Crippen molar-refractivity contribution >= 4 is 0 Å². The predicted octanol–water partition coefficient (Wildman–Crippen LogP) is 4.78. The van der Waals surface area contributed by atoms with Crippen LogP contribution in [0.1, 0.15) is 65.7 Å². The van der Waals surface area contributed by atoms with Crippen LogP contribution in [0.25, 0.3) is 0 Å². The van der Waals surface area contributed by atoms with Gasteiger partial charge in [-0.2, -0.15) is 0 Å². The number of hydrogen-bond acceptors (Lipinski definition) is 1. The summed E-state index contributed by atoms with van der Waals surface area (Å²) < 4.78 is 0. The summed E-state index contributed by atoms with van der Waals surface area (Å²) in [6.45, 7) is 11.9. The second-order valence-electron chi connectivity index (χ2n) is 6.30. The lowest BCUT2D eigenvalue weighted by molar-refractivity contribution is 0.183. The molecule has 0 aromatic heterocycles. The SMILES string of the molecule is C=CCCCC(NCC)C1CCC(C(C)C)CC1. The Bertz CT molecular complexity index is 214. The minimum Gasteiger partial charge on any atom is -0.314 e. The maximum Gasteiger partial charge on any atom is 0.00953 e. The summed E-state index contributed by atoms with van der Waals surface area (Å²) in [7, 11) is 0. The molecule has 0 aliphatic heterocycles. The second kappa shape index (κ2) is 8.74. The minimum absolute atomic E-state index is 0.753. The molecule has 106 valence electrons. The van der Waals surface area contributed by atoms with Crippen molar-refractivity contribution in [3.63, 3.8) is 0 Å². The molecule has 0 radical (unpaired) electrons. The molecule has 0 amide bonds. The van der Waals surface area contributed by atoms with Gasteiger partial charge in [0.15, 0.2) is 0 Å². The standard InChI is InChI=1S/C17H33N/c1-5-7-8-9-17(18-6-2)16-12-10-15(11-13-16)14(3)4/h5,14-18H,1,6-13H2,2-4H3. The van der Waals surface area contributed by atoms with Crippen LogP contribution in [0.5, 0.6) is 0 Å². The van der Waals surface area contributed by atoms with Gasteiger partial charge in [-0.1, -0.05) is 26.8 Å². The highest BCUT2D eigenvalue weighted by molar-refractivity contribution is 4.83. The molecule has 1 nitrogen and oxygen atoms in total. The number of allylic oxidation sites excluding steroid dienone is 1. The molecule has 0 heterocycles. The van der Waals surface area contributed by atoms with Crippen LogP contribution in [0.15, 0.2) is 12.7 Å². The second-order valence-corrected chi connectivity index (χ2v) is 6.30. The summed E-state index contributed by atoms with van der Waals surface area (Å²) in [5.41, 5.74) is 0. The normalized spacial score (nSPS) is 26.2. The lowest BCUT2D eigenvalue weighted by Crippen LogP contribution is -2.38. The Morgan fingerprint density at radius 3 is 2.28 bits per heavy atom. The fourth-order valence-corrected chi connectivity index (χ4v) is 3.46. The highest BCUT2D eigenvalue weighted by Gasteiger charge is 2.27. The van der Waals surface area contributed by atoms with Crippen molar-refractivity contribution in [3.8, 4) is 0 Å². The molecule has 1 saturated carbocycles. The molecule has 1 aliphatic rings. The molecular formula is C17H33N. The molecule has 1 aliphatic carbocycles. The van der Waals surface area contributed by atoms with E-state index in [-0.39, 0.29) is 0 Å². The molecule has 1 fully saturated rings. The van der Waals surface area contributed by atoms with Crippen molar-refractivity contribution in [1.29, 1.82) is 0 Å². The Kier molecular flexibility index (Phi) is 7.65. The lowest BCUT2D eigenvalue weighted by atomic mass is 9.74. The van der Waals surface area contributed by atoms with Gasteiger partial charge < -0.3 is 5.32 Å². The summed E-state index contributed by atoms with van der Waals surface area (Å²) in [6, 6.07) is 0.753. The molecule has 18 heavy (non-hydrogen) atoms. The summed E-state index contributed by atoms with van der Waals surface area (Å²) in [5, 5.41) is 3.72. The van der Waals surface area contributed by atoms with Gasteiger partial charge in [0.05, 0.1) is 0 Å². The van der Waals surface area contributed by atoms with Gasteiger partial charge in [0, 0.05) is 6.04 Å². The molecule has 1 unspecified atom stereocenters. The largest absolute Gasteiger partial charge is 0.314 e. The molecular weight excluding hydrogens is 218 g/mol. The molecule has 1 heteroatoms. The number of nitrogens with one attached hydrogen (secondary N) is 1. The maximum absolute atomic E-state index is 3.82. The average molecular weight is 251 g/mol. The smallest absolute Gasteiger partial charge is 0.00953 e. The van der Waals surface area contributed by atoms with E-state index in [0.717, 1.165) is 30.3 Å². The van der Waals surface area contributed by atoms with Crippen molar-refractivity contribution in [2.75, 3.05) is 6.54 Å². The predicted molar refractivity (Wildman–Crippen MR) is 81.8 cm³/mol. The topological polar surface area (TPSA) is 12.0 Å². The van der Waals surface area contributed by atoms with Gasteiger partial charge in [0.25, 0.3) is 0 Å². The molecule has 1 N–H and O–H groups in total. The van der Waals surface area contributed by atoms with Crippen molar-refractivity contribution in [2.24, 2.45) is 17.8 Å². The van der Waals surface area contributed by atoms with Gasteiger partial charge >= 0.3 is 0 Å². The molecule has 1 atom stereocenters. The molecule has 0 spiro atoms. The molecule has 0 bridgehead atoms. The van der Waals surface area contributed by atoms with Gasteiger partial charge in [-0.05, 0) is 69.2 Å². The van der Waals surface area contributed by atoms with E-state index in [0.29, 0.717) is 0 Å². The first-order valence-electron chi connectivity index (χ1n) is 8.03. The molecule has 1 rings (SSSR count). The zero-order chi connectivity index (χ0) is 13.4. The zero-order valence-electron chi connectivity index (χ0n) is 12.8. The molecule has 0 aromatic rings. The molecule has 0 aromatic carbocycles. The number of rotatable bonds is 8. The van der Waals surface area contributed by atoms with Crippen molar-refractivity contribution in [2.45, 2.75) is 71.8 Å². The van der Waals surface area contributed by atoms with E-state index in [1.165, 1.54) is 44.9 Å². The zero-order valence-corrected chi connectivity index (χ0v) is 12.8. The summed E-state index contributed by atoms with van der Waals surface area (Å²) in [4.78, 5) is 0. The Balaban J connectivity index is 2.37. The fourth-order valence-electron chi connectivity index (χ4n) is 3.46. The lowest BCUT2D eigenvalue weighted by Gasteiger charge is -2.36. The van der Waals surface area contributed by atoms with E-state index in [9.17, 15) is 0 Å². The van der Waals surface area contributed by atoms with E-state index in [4.69, 9.17) is 0 Å². The van der Waals surface area contributed by atoms with Crippen molar-refractivity contribution < 1.29 is 0 Å². The Labute approximate surface area is 114 Å². The van der Waals surface area contributed by atoms with Gasteiger partial charge in [-0.3, -0.25) is 0 Å². The first kappa shape index (κ1) is 15.8. The van der Waals surface area contributed by atoms with E-state index >= 15 is 0 Å². The minimum atomic E-state index is 0.753. The molecule has 0 saturated heterocycles. The quantitative estimate of drug-likeness (QED) is 0.483. The van der Waals surface area contributed by atoms with Crippen molar-refractivity contribution in [1.82, 2.24) is 5.32 Å². The fraction of sp³-hybridized carbons (Fsp3) is 0.882. The van der Waals surface area contributed by atoms with Crippen molar-refractivity contribution in [3.05, 3.63) is 12.7 Å². The average Bonchev–Trinajstić information content (AvgIpc) is 2.38.